The van der Waals surface area contributed by atoms with Gasteiger partial charge in [0, 0.05) is 23.8 Å². The Labute approximate surface area is 186 Å². The zero-order chi connectivity index (χ0) is 23.5. The van der Waals surface area contributed by atoms with Crippen LogP contribution in [-0.2, 0) is 16.1 Å². The third-order valence-electron chi connectivity index (χ3n) is 4.93. The molecule has 0 spiro atoms. The number of nitrogens with zero attached hydrogens (tertiary/aromatic N) is 2. The fourth-order valence-corrected chi connectivity index (χ4v) is 3.36. The lowest BCUT2D eigenvalue weighted by Crippen LogP contribution is -2.04. The molecular weight excluding hydrogens is 437 g/mol. The number of esters is 1. The van der Waals surface area contributed by atoms with Crippen molar-refractivity contribution < 1.29 is 32.0 Å². The van der Waals surface area contributed by atoms with Crippen LogP contribution in [0.15, 0.2) is 59.1 Å². The largest absolute Gasteiger partial charge is 0.465 e. The van der Waals surface area contributed by atoms with Gasteiger partial charge in [0.05, 0.1) is 19.3 Å². The molecule has 3 aromatic carbocycles. The van der Waals surface area contributed by atoms with E-state index in [2.05, 4.69) is 14.9 Å². The molecule has 1 aromatic heterocycles. The molecular formula is C24H17F3N2O4. The van der Waals surface area contributed by atoms with E-state index in [9.17, 15) is 18.0 Å². The van der Waals surface area contributed by atoms with Crippen molar-refractivity contribution in [1.82, 2.24) is 10.1 Å². The van der Waals surface area contributed by atoms with Crippen LogP contribution < -0.4 is 0 Å². The average Bonchev–Trinajstić information content (AvgIpc) is 3.31. The van der Waals surface area contributed by atoms with Crippen LogP contribution in [0.2, 0.25) is 0 Å². The Balaban J connectivity index is 1.70. The highest BCUT2D eigenvalue weighted by atomic mass is 19.1. The Kier molecular flexibility index (Phi) is 6.23. The number of rotatable bonds is 6. The summed E-state index contributed by atoms with van der Waals surface area (Å²) in [4.78, 5) is 15.8. The fraction of sp³-hybridized carbons (Fsp3) is 0.125. The summed E-state index contributed by atoms with van der Waals surface area (Å²) < 4.78 is 57.3. The SMILES string of the molecule is COCc1cc(-c2nc(-c3ccc(C(=O)OC)c(F)c3)no2)ccc1-c1cc(F)ccc1F. The minimum Gasteiger partial charge on any atom is -0.465 e. The lowest BCUT2D eigenvalue weighted by atomic mass is 9.97. The number of carbonyl (C=O) groups is 1. The van der Waals surface area contributed by atoms with Gasteiger partial charge in [-0.2, -0.15) is 4.98 Å². The fourth-order valence-electron chi connectivity index (χ4n) is 3.36. The van der Waals surface area contributed by atoms with E-state index in [4.69, 9.17) is 9.26 Å². The highest BCUT2D eigenvalue weighted by Gasteiger charge is 2.18. The van der Waals surface area contributed by atoms with Crippen LogP contribution >= 0.6 is 0 Å². The maximum Gasteiger partial charge on any atom is 0.340 e. The molecule has 0 bridgehead atoms. The van der Waals surface area contributed by atoms with Gasteiger partial charge in [0.2, 0.25) is 5.82 Å². The second-order valence-electron chi connectivity index (χ2n) is 7.04. The van der Waals surface area contributed by atoms with Crippen molar-refractivity contribution in [3.63, 3.8) is 0 Å². The molecule has 0 fully saturated rings. The first-order valence-electron chi connectivity index (χ1n) is 9.71. The molecule has 1 heterocycles. The first-order valence-corrected chi connectivity index (χ1v) is 9.71. The van der Waals surface area contributed by atoms with Gasteiger partial charge in [-0.05, 0) is 59.7 Å². The number of carbonyl (C=O) groups excluding carboxylic acids is 1. The topological polar surface area (TPSA) is 74.5 Å². The van der Waals surface area contributed by atoms with E-state index in [0.717, 1.165) is 31.4 Å². The Bertz CT molecular complexity index is 1340. The van der Waals surface area contributed by atoms with Crippen molar-refractivity contribution in [2.75, 3.05) is 14.2 Å². The Morgan fingerprint density at radius 1 is 0.909 bits per heavy atom. The van der Waals surface area contributed by atoms with Crippen LogP contribution in [-0.4, -0.2) is 30.3 Å². The standard InChI is InChI=1S/C24H17F3N2O4/c1-31-12-15-9-14(4-6-17(15)19-11-16(25)5-8-20(19)26)23-28-22(29-33-23)13-3-7-18(21(27)10-13)24(30)32-2/h3-11H,12H2,1-2H3. The smallest absolute Gasteiger partial charge is 0.340 e. The second kappa shape index (κ2) is 9.25. The van der Waals surface area contributed by atoms with Crippen molar-refractivity contribution in [2.24, 2.45) is 0 Å². The molecule has 0 saturated heterocycles. The van der Waals surface area contributed by atoms with Crippen LogP contribution in [0.3, 0.4) is 0 Å². The minimum atomic E-state index is -0.798. The number of benzene rings is 3. The molecule has 4 rings (SSSR count). The summed E-state index contributed by atoms with van der Waals surface area (Å²) in [6.45, 7) is 0.125. The average molecular weight is 454 g/mol. The van der Waals surface area contributed by atoms with Crippen molar-refractivity contribution in [3.05, 3.63) is 83.2 Å². The molecule has 0 atom stereocenters. The van der Waals surface area contributed by atoms with Crippen LogP contribution in [0.1, 0.15) is 15.9 Å². The molecule has 0 saturated carbocycles. The predicted octanol–water partition coefficient (Wildman–Crippen LogP) is 5.42. The summed E-state index contributed by atoms with van der Waals surface area (Å²) in [5.41, 5.74) is 1.72. The van der Waals surface area contributed by atoms with Gasteiger partial charge in [0.1, 0.15) is 17.5 Å². The van der Waals surface area contributed by atoms with Gasteiger partial charge < -0.3 is 14.0 Å². The quantitative estimate of drug-likeness (QED) is 0.362. The van der Waals surface area contributed by atoms with E-state index in [1.54, 1.807) is 18.2 Å². The third-order valence-corrected chi connectivity index (χ3v) is 4.93. The van der Waals surface area contributed by atoms with Gasteiger partial charge in [-0.25, -0.2) is 18.0 Å². The molecule has 6 nitrogen and oxygen atoms in total. The van der Waals surface area contributed by atoms with Crippen LogP contribution in [0.5, 0.6) is 0 Å². The van der Waals surface area contributed by atoms with Crippen molar-refractivity contribution in [2.45, 2.75) is 6.61 Å². The lowest BCUT2D eigenvalue weighted by Gasteiger charge is -2.11. The number of ether oxygens (including phenoxy) is 2. The summed E-state index contributed by atoms with van der Waals surface area (Å²) in [6.07, 6.45) is 0. The van der Waals surface area contributed by atoms with E-state index in [1.807, 2.05) is 0 Å². The zero-order valence-corrected chi connectivity index (χ0v) is 17.6. The van der Waals surface area contributed by atoms with Crippen molar-refractivity contribution in [1.29, 1.82) is 0 Å². The summed E-state index contributed by atoms with van der Waals surface area (Å²) in [7, 11) is 2.64. The lowest BCUT2D eigenvalue weighted by molar-refractivity contribution is 0.0595. The molecule has 0 aliphatic carbocycles. The number of aromatic nitrogens is 2. The summed E-state index contributed by atoms with van der Waals surface area (Å²) in [5, 5.41) is 3.87. The van der Waals surface area contributed by atoms with E-state index in [0.29, 0.717) is 22.3 Å². The molecule has 0 radical (unpaired) electrons. The normalized spacial score (nSPS) is 10.9. The Morgan fingerprint density at radius 3 is 2.42 bits per heavy atom. The zero-order valence-electron chi connectivity index (χ0n) is 17.6. The van der Waals surface area contributed by atoms with Crippen LogP contribution in [0.25, 0.3) is 34.0 Å². The van der Waals surface area contributed by atoms with Gasteiger partial charge in [-0.1, -0.05) is 11.2 Å². The number of hydrogen-bond donors (Lipinski definition) is 0. The summed E-state index contributed by atoms with van der Waals surface area (Å²) >= 11 is 0. The van der Waals surface area contributed by atoms with Gasteiger partial charge in [0.25, 0.3) is 5.89 Å². The maximum absolute atomic E-state index is 14.3. The third kappa shape index (κ3) is 4.49. The van der Waals surface area contributed by atoms with Crippen LogP contribution in [0.4, 0.5) is 13.2 Å². The highest BCUT2D eigenvalue weighted by Crippen LogP contribution is 2.32. The van der Waals surface area contributed by atoms with Crippen molar-refractivity contribution in [3.8, 4) is 34.0 Å². The number of halogens is 3. The van der Waals surface area contributed by atoms with E-state index in [-0.39, 0.29) is 29.4 Å². The first-order chi connectivity index (χ1) is 15.9. The van der Waals surface area contributed by atoms with E-state index >= 15 is 0 Å². The molecule has 0 aliphatic heterocycles. The molecule has 9 heteroatoms. The van der Waals surface area contributed by atoms with Gasteiger partial charge >= 0.3 is 5.97 Å². The monoisotopic (exact) mass is 454 g/mol. The molecule has 168 valence electrons. The molecule has 0 N–H and O–H groups in total. The molecule has 0 unspecified atom stereocenters. The van der Waals surface area contributed by atoms with Gasteiger partial charge in [-0.15, -0.1) is 0 Å². The van der Waals surface area contributed by atoms with E-state index < -0.39 is 23.4 Å². The van der Waals surface area contributed by atoms with Gasteiger partial charge in [-0.3, -0.25) is 0 Å². The Morgan fingerprint density at radius 2 is 1.70 bits per heavy atom. The first kappa shape index (κ1) is 22.2. The molecule has 0 amide bonds. The van der Waals surface area contributed by atoms with Crippen molar-refractivity contribution >= 4 is 5.97 Å². The Hall–Kier alpha value is -3.98. The number of methoxy groups -OCH3 is 2. The summed E-state index contributed by atoms with van der Waals surface area (Å²) in [5.74, 6) is -2.48. The van der Waals surface area contributed by atoms with Crippen LogP contribution in [0, 0.1) is 17.5 Å². The summed E-state index contributed by atoms with van der Waals surface area (Å²) in [6, 6.07) is 12.0. The number of hydrogen-bond acceptors (Lipinski definition) is 6. The maximum atomic E-state index is 14.3. The minimum absolute atomic E-state index is 0.0981. The second-order valence-corrected chi connectivity index (χ2v) is 7.04. The van der Waals surface area contributed by atoms with Gasteiger partial charge in [0.15, 0.2) is 0 Å². The predicted molar refractivity (Wildman–Crippen MR) is 113 cm³/mol. The highest BCUT2D eigenvalue weighted by molar-refractivity contribution is 5.90. The van der Waals surface area contributed by atoms with E-state index in [1.165, 1.54) is 19.2 Å². The molecule has 0 aliphatic rings. The molecule has 4 aromatic rings. The molecule has 33 heavy (non-hydrogen) atoms.